The van der Waals surface area contributed by atoms with Crippen LogP contribution in [-0.4, -0.2) is 37.4 Å². The molecule has 1 aliphatic heterocycles. The Morgan fingerprint density at radius 2 is 1.57 bits per heavy atom. The van der Waals surface area contributed by atoms with Crippen LogP contribution in [0.2, 0.25) is 10.6 Å². The van der Waals surface area contributed by atoms with Crippen LogP contribution in [0.4, 0.5) is 0 Å². The van der Waals surface area contributed by atoms with Crippen LogP contribution in [0.1, 0.15) is 0 Å². The van der Waals surface area contributed by atoms with Crippen molar-refractivity contribution < 1.29 is 10.2 Å². The average Bonchev–Trinajstić information content (AvgIpc) is 1.91. The molecule has 1 aliphatic rings. The molecule has 7 heavy (non-hydrogen) atoms. The van der Waals surface area contributed by atoms with Crippen molar-refractivity contribution in [1.29, 1.82) is 0 Å². The van der Waals surface area contributed by atoms with E-state index in [4.69, 9.17) is 10.2 Å². The fraction of sp³-hybridized carbons (Fsp3) is 1.00. The van der Waals surface area contributed by atoms with Crippen molar-refractivity contribution in [2.45, 2.75) is 22.8 Å². The Labute approximate surface area is 48.7 Å². The second-order valence-electron chi connectivity index (χ2n) is 1.67. The summed E-state index contributed by atoms with van der Waals surface area (Å²) in [5.74, 6) is 0. The Kier molecular flexibility index (Phi) is 1.70. The van der Waals surface area contributed by atoms with Crippen LogP contribution >= 0.6 is 0 Å². The molecule has 0 aromatic carbocycles. The second-order valence-corrected chi connectivity index (χ2v) is 3.93. The quantitative estimate of drug-likeness (QED) is 0.466. The standard InChI is InChI=1S/C4H8O2Se/c5-3-1-7-2-4(3)6/h3-6H,1-2H2. The summed E-state index contributed by atoms with van der Waals surface area (Å²) < 4.78 is 0. The molecular weight excluding hydrogens is 159 g/mol. The number of rotatable bonds is 0. The van der Waals surface area contributed by atoms with Gasteiger partial charge in [-0.15, -0.1) is 0 Å². The van der Waals surface area contributed by atoms with Gasteiger partial charge in [-0.05, 0) is 0 Å². The second kappa shape index (κ2) is 2.14. The minimum absolute atomic E-state index is 0.403. The molecule has 2 N–H and O–H groups in total. The number of aliphatic hydroxyl groups is 2. The zero-order chi connectivity index (χ0) is 5.28. The first-order valence-electron chi connectivity index (χ1n) is 2.24. The van der Waals surface area contributed by atoms with Crippen LogP contribution in [0, 0.1) is 0 Å². The Bertz CT molecular complexity index is 58.7. The van der Waals surface area contributed by atoms with E-state index in [1.807, 2.05) is 0 Å². The van der Waals surface area contributed by atoms with Gasteiger partial charge in [0.05, 0.1) is 0 Å². The molecule has 42 valence electrons. The molecule has 1 fully saturated rings. The number of hydrogen-bond donors (Lipinski definition) is 2. The van der Waals surface area contributed by atoms with Gasteiger partial charge >= 0.3 is 48.0 Å². The molecule has 2 unspecified atom stereocenters. The van der Waals surface area contributed by atoms with Crippen molar-refractivity contribution >= 4 is 15.0 Å². The van der Waals surface area contributed by atoms with E-state index in [0.29, 0.717) is 15.0 Å². The molecule has 3 heteroatoms. The summed E-state index contributed by atoms with van der Waals surface area (Å²) in [5.41, 5.74) is 0. The van der Waals surface area contributed by atoms with Crippen LogP contribution in [0.15, 0.2) is 0 Å². The van der Waals surface area contributed by atoms with Gasteiger partial charge in [0.2, 0.25) is 0 Å². The maximum atomic E-state index is 8.76. The van der Waals surface area contributed by atoms with Gasteiger partial charge in [0.15, 0.2) is 0 Å². The van der Waals surface area contributed by atoms with Crippen molar-refractivity contribution in [2.24, 2.45) is 0 Å². The summed E-state index contributed by atoms with van der Waals surface area (Å²) in [7, 11) is 0. The third kappa shape index (κ3) is 1.16. The SMILES string of the molecule is OC1C[Se]CC1O. The molecule has 1 heterocycles. The van der Waals surface area contributed by atoms with E-state index in [1.54, 1.807) is 0 Å². The van der Waals surface area contributed by atoms with Gasteiger partial charge in [0.1, 0.15) is 0 Å². The van der Waals surface area contributed by atoms with Crippen molar-refractivity contribution in [2.75, 3.05) is 0 Å². The average molecular weight is 167 g/mol. The predicted octanol–water partition coefficient (Wildman–Crippen LogP) is -0.737. The van der Waals surface area contributed by atoms with E-state index in [2.05, 4.69) is 0 Å². The fourth-order valence-corrected chi connectivity index (χ4v) is 2.76. The van der Waals surface area contributed by atoms with E-state index in [1.165, 1.54) is 0 Å². The number of hydrogen-bond acceptors (Lipinski definition) is 2. The summed E-state index contributed by atoms with van der Waals surface area (Å²) in [5, 5.41) is 19.2. The molecule has 2 nitrogen and oxygen atoms in total. The first-order valence-corrected chi connectivity index (χ1v) is 4.67. The molecule has 0 amide bonds. The molecule has 0 saturated carbocycles. The van der Waals surface area contributed by atoms with E-state index in [-0.39, 0.29) is 0 Å². The van der Waals surface area contributed by atoms with Gasteiger partial charge in [-0.1, -0.05) is 0 Å². The monoisotopic (exact) mass is 168 g/mol. The summed E-state index contributed by atoms with van der Waals surface area (Å²) >= 11 is 0.513. The van der Waals surface area contributed by atoms with Crippen molar-refractivity contribution in [1.82, 2.24) is 0 Å². The van der Waals surface area contributed by atoms with Crippen LogP contribution in [0.25, 0.3) is 0 Å². The number of aliphatic hydroxyl groups excluding tert-OH is 2. The predicted molar refractivity (Wildman–Crippen MR) is 27.4 cm³/mol. The van der Waals surface area contributed by atoms with E-state index in [0.717, 1.165) is 10.6 Å². The maximum absolute atomic E-state index is 8.76. The molecule has 0 radical (unpaired) electrons. The summed E-state index contributed by atoms with van der Waals surface area (Å²) in [6.07, 6.45) is -0.806. The van der Waals surface area contributed by atoms with Crippen molar-refractivity contribution in [3.05, 3.63) is 0 Å². The summed E-state index contributed by atoms with van der Waals surface area (Å²) in [6.45, 7) is 0. The van der Waals surface area contributed by atoms with Crippen LogP contribution in [-0.2, 0) is 0 Å². The Morgan fingerprint density at radius 1 is 1.14 bits per heavy atom. The van der Waals surface area contributed by atoms with Crippen LogP contribution < -0.4 is 0 Å². The molecule has 1 saturated heterocycles. The topological polar surface area (TPSA) is 40.5 Å². The molecule has 0 aromatic heterocycles. The first-order chi connectivity index (χ1) is 3.30. The Hall–Kier alpha value is 0.439. The normalized spacial score (nSPS) is 42.0. The molecule has 2 atom stereocenters. The van der Waals surface area contributed by atoms with Crippen LogP contribution in [0.5, 0.6) is 0 Å². The van der Waals surface area contributed by atoms with Crippen molar-refractivity contribution in [3.8, 4) is 0 Å². The van der Waals surface area contributed by atoms with E-state index < -0.39 is 12.2 Å². The molecule has 0 bridgehead atoms. The van der Waals surface area contributed by atoms with Gasteiger partial charge in [0, 0.05) is 0 Å². The van der Waals surface area contributed by atoms with Gasteiger partial charge in [-0.2, -0.15) is 0 Å². The van der Waals surface area contributed by atoms with Gasteiger partial charge < -0.3 is 0 Å². The summed E-state index contributed by atoms with van der Waals surface area (Å²) in [4.78, 5) is 0. The molecule has 0 aromatic rings. The van der Waals surface area contributed by atoms with Crippen LogP contribution in [0.3, 0.4) is 0 Å². The Balaban J connectivity index is 2.33. The van der Waals surface area contributed by atoms with E-state index >= 15 is 0 Å². The fourth-order valence-electron chi connectivity index (χ4n) is 0.532. The molecule has 0 spiro atoms. The third-order valence-corrected chi connectivity index (χ3v) is 3.44. The van der Waals surface area contributed by atoms with E-state index in [9.17, 15) is 0 Å². The van der Waals surface area contributed by atoms with Gasteiger partial charge in [-0.25, -0.2) is 0 Å². The molecule has 0 aliphatic carbocycles. The van der Waals surface area contributed by atoms with Gasteiger partial charge in [-0.3, -0.25) is 0 Å². The Morgan fingerprint density at radius 3 is 1.71 bits per heavy atom. The summed E-state index contributed by atoms with van der Waals surface area (Å²) in [6, 6.07) is 0. The third-order valence-electron chi connectivity index (χ3n) is 1.02. The minimum atomic E-state index is -0.403. The first kappa shape index (κ1) is 5.57. The molecular formula is C4H8O2Se. The zero-order valence-electron chi connectivity index (χ0n) is 3.87. The molecule has 1 rings (SSSR count). The van der Waals surface area contributed by atoms with Crippen molar-refractivity contribution in [3.63, 3.8) is 0 Å². The zero-order valence-corrected chi connectivity index (χ0v) is 5.58. The van der Waals surface area contributed by atoms with Gasteiger partial charge in [0.25, 0.3) is 0 Å².